The Labute approximate surface area is 92.4 Å². The Morgan fingerprint density at radius 3 is 1.75 bits per heavy atom. The van der Waals surface area contributed by atoms with Crippen molar-refractivity contribution in [1.29, 1.82) is 0 Å². The molecule has 0 aromatic heterocycles. The van der Waals surface area contributed by atoms with Gasteiger partial charge in [0.25, 0.3) is 20.2 Å². The molecule has 1 rings (SSSR count). The van der Waals surface area contributed by atoms with E-state index in [-0.39, 0.29) is 5.56 Å². The summed E-state index contributed by atoms with van der Waals surface area (Å²) in [5.41, 5.74) is 4.76. The van der Waals surface area contributed by atoms with E-state index < -0.39 is 35.7 Å². The van der Waals surface area contributed by atoms with E-state index >= 15 is 0 Å². The van der Waals surface area contributed by atoms with Gasteiger partial charge in [0.1, 0.15) is 9.79 Å². The van der Waals surface area contributed by atoms with Crippen LogP contribution in [0.1, 0.15) is 5.56 Å². The van der Waals surface area contributed by atoms with E-state index in [1.54, 1.807) is 0 Å². The molecule has 0 saturated carbocycles. The van der Waals surface area contributed by atoms with Crippen molar-refractivity contribution in [2.24, 2.45) is 0 Å². The van der Waals surface area contributed by atoms with Crippen LogP contribution in [0.15, 0.2) is 21.9 Å². The Morgan fingerprint density at radius 2 is 1.44 bits per heavy atom. The van der Waals surface area contributed by atoms with E-state index in [0.29, 0.717) is 0 Å². The molecule has 1 aromatic carbocycles. The Hall–Kier alpha value is -1.16. The van der Waals surface area contributed by atoms with E-state index in [2.05, 4.69) is 0 Å². The number of nitrogen functional groups attached to an aromatic ring is 1. The van der Waals surface area contributed by atoms with Crippen LogP contribution >= 0.6 is 0 Å². The summed E-state index contributed by atoms with van der Waals surface area (Å²) in [6.45, 7) is 1.26. The number of hydrogen-bond acceptors (Lipinski definition) is 5. The summed E-state index contributed by atoms with van der Waals surface area (Å²) < 4.78 is 61.7. The van der Waals surface area contributed by atoms with Gasteiger partial charge in [0.2, 0.25) is 0 Å². The van der Waals surface area contributed by atoms with Crippen LogP contribution in [0, 0.1) is 6.92 Å². The van der Waals surface area contributed by atoms with Crippen molar-refractivity contribution in [2.75, 3.05) is 5.73 Å². The van der Waals surface area contributed by atoms with Crippen molar-refractivity contribution < 1.29 is 25.9 Å². The van der Waals surface area contributed by atoms with Gasteiger partial charge in [-0.25, -0.2) is 0 Å². The zero-order chi connectivity index (χ0) is 12.7. The van der Waals surface area contributed by atoms with Crippen LogP contribution in [0.5, 0.6) is 0 Å². The molecule has 0 aliphatic heterocycles. The predicted octanol–water partition coefficient (Wildman–Crippen LogP) is 0.0706. The van der Waals surface area contributed by atoms with Crippen molar-refractivity contribution in [3.05, 3.63) is 17.7 Å². The molecule has 0 unspecified atom stereocenters. The standard InChI is InChI=1S/C7H9NO6S2/c1-4-2-3-5(8)7(16(12,13)14)6(4)15(9,10)11/h2-3H,8H2,1H3,(H,9,10,11)(H,12,13,14). The number of anilines is 1. The molecular formula is C7H9NO6S2. The van der Waals surface area contributed by atoms with Gasteiger partial charge >= 0.3 is 0 Å². The number of benzene rings is 1. The molecule has 0 spiro atoms. The third kappa shape index (κ3) is 2.32. The van der Waals surface area contributed by atoms with Gasteiger partial charge in [-0.3, -0.25) is 9.11 Å². The van der Waals surface area contributed by atoms with E-state index in [0.717, 1.165) is 6.07 Å². The molecule has 9 heteroatoms. The second-order valence-electron chi connectivity index (χ2n) is 3.08. The molecule has 0 heterocycles. The Morgan fingerprint density at radius 1 is 1.00 bits per heavy atom. The minimum Gasteiger partial charge on any atom is -0.398 e. The van der Waals surface area contributed by atoms with Crippen molar-refractivity contribution in [3.63, 3.8) is 0 Å². The van der Waals surface area contributed by atoms with Gasteiger partial charge in [0, 0.05) is 0 Å². The summed E-state index contributed by atoms with van der Waals surface area (Å²) in [6.07, 6.45) is 0. The molecule has 0 amide bonds. The van der Waals surface area contributed by atoms with Crippen molar-refractivity contribution in [2.45, 2.75) is 16.7 Å². The molecule has 90 valence electrons. The Kier molecular flexibility index (Phi) is 2.98. The minimum absolute atomic E-state index is 0.0377. The highest BCUT2D eigenvalue weighted by molar-refractivity contribution is 7.89. The molecule has 0 radical (unpaired) electrons. The molecule has 0 aliphatic rings. The normalized spacial score (nSPS) is 12.7. The second kappa shape index (κ2) is 3.70. The van der Waals surface area contributed by atoms with Gasteiger partial charge in [-0.2, -0.15) is 16.8 Å². The van der Waals surface area contributed by atoms with Gasteiger partial charge in [-0.15, -0.1) is 0 Å². The molecule has 0 saturated heterocycles. The number of rotatable bonds is 2. The maximum atomic E-state index is 11.0. The van der Waals surface area contributed by atoms with Gasteiger partial charge in [-0.05, 0) is 18.6 Å². The van der Waals surface area contributed by atoms with Gasteiger partial charge in [0.15, 0.2) is 0 Å². The van der Waals surface area contributed by atoms with Crippen LogP contribution in [0.3, 0.4) is 0 Å². The highest BCUT2D eigenvalue weighted by Gasteiger charge is 2.28. The first kappa shape index (κ1) is 12.9. The van der Waals surface area contributed by atoms with Crippen LogP contribution in [-0.4, -0.2) is 25.9 Å². The van der Waals surface area contributed by atoms with Crippen LogP contribution in [0.2, 0.25) is 0 Å². The SMILES string of the molecule is Cc1ccc(N)c(S(=O)(=O)O)c1S(=O)(=O)O. The Bertz CT molecular complexity index is 574. The molecule has 0 fully saturated rings. The average molecular weight is 267 g/mol. The largest absolute Gasteiger partial charge is 0.398 e. The lowest BCUT2D eigenvalue weighted by molar-refractivity contribution is 0.466. The monoisotopic (exact) mass is 267 g/mol. The van der Waals surface area contributed by atoms with Crippen molar-refractivity contribution in [3.8, 4) is 0 Å². The van der Waals surface area contributed by atoms with Crippen LogP contribution < -0.4 is 5.73 Å². The average Bonchev–Trinajstić information content (AvgIpc) is 2.04. The van der Waals surface area contributed by atoms with Gasteiger partial charge < -0.3 is 5.73 Å². The lowest BCUT2D eigenvalue weighted by atomic mass is 10.2. The number of nitrogens with two attached hydrogens (primary N) is 1. The highest BCUT2D eigenvalue weighted by Crippen LogP contribution is 2.29. The first-order chi connectivity index (χ1) is 7.05. The topological polar surface area (TPSA) is 135 Å². The first-order valence-corrected chi connectivity index (χ1v) is 6.77. The summed E-state index contributed by atoms with van der Waals surface area (Å²) >= 11 is 0. The lowest BCUT2D eigenvalue weighted by Crippen LogP contribution is -2.12. The molecule has 0 aliphatic carbocycles. The quantitative estimate of drug-likeness (QED) is 0.509. The summed E-state index contributed by atoms with van der Waals surface area (Å²) in [6, 6.07) is 2.33. The summed E-state index contributed by atoms with van der Waals surface area (Å²) in [5, 5.41) is 0. The minimum atomic E-state index is -4.83. The zero-order valence-electron chi connectivity index (χ0n) is 8.08. The van der Waals surface area contributed by atoms with Gasteiger partial charge in [-0.1, -0.05) is 6.07 Å². The van der Waals surface area contributed by atoms with Crippen LogP contribution in [0.25, 0.3) is 0 Å². The fourth-order valence-corrected chi connectivity index (χ4v) is 3.48. The molecule has 16 heavy (non-hydrogen) atoms. The fourth-order valence-electron chi connectivity index (χ4n) is 1.26. The molecule has 0 atom stereocenters. The summed E-state index contributed by atoms with van der Waals surface area (Å²) in [7, 11) is -9.62. The molecule has 7 nitrogen and oxygen atoms in total. The maximum absolute atomic E-state index is 11.0. The fraction of sp³-hybridized carbons (Fsp3) is 0.143. The lowest BCUT2D eigenvalue weighted by Gasteiger charge is -2.09. The third-order valence-corrected chi connectivity index (χ3v) is 3.98. The molecule has 1 aromatic rings. The first-order valence-electron chi connectivity index (χ1n) is 3.89. The van der Waals surface area contributed by atoms with Gasteiger partial charge in [0.05, 0.1) is 5.69 Å². The van der Waals surface area contributed by atoms with Crippen molar-refractivity contribution in [1.82, 2.24) is 0 Å². The van der Waals surface area contributed by atoms with E-state index in [1.807, 2.05) is 0 Å². The smallest absolute Gasteiger partial charge is 0.297 e. The second-order valence-corrected chi connectivity index (χ2v) is 5.80. The predicted molar refractivity (Wildman–Crippen MR) is 55.2 cm³/mol. The highest BCUT2D eigenvalue weighted by atomic mass is 32.2. The zero-order valence-corrected chi connectivity index (χ0v) is 9.71. The van der Waals surface area contributed by atoms with E-state index in [1.165, 1.54) is 13.0 Å². The Balaban J connectivity index is 3.93. The van der Waals surface area contributed by atoms with Crippen molar-refractivity contribution >= 4 is 25.9 Å². The van der Waals surface area contributed by atoms with Crippen LogP contribution in [0.4, 0.5) is 5.69 Å². The molecule has 0 bridgehead atoms. The molecular weight excluding hydrogens is 258 g/mol. The molecule has 4 N–H and O–H groups in total. The number of aryl methyl sites for hydroxylation is 1. The number of hydrogen-bond donors (Lipinski definition) is 3. The third-order valence-electron chi connectivity index (χ3n) is 1.86. The van der Waals surface area contributed by atoms with E-state index in [9.17, 15) is 16.8 Å². The summed E-state index contributed by atoms with van der Waals surface area (Å²) in [5.74, 6) is 0. The van der Waals surface area contributed by atoms with Crippen LogP contribution in [-0.2, 0) is 20.2 Å². The van der Waals surface area contributed by atoms with E-state index in [4.69, 9.17) is 14.8 Å². The summed E-state index contributed by atoms with van der Waals surface area (Å²) in [4.78, 5) is -1.91. The maximum Gasteiger partial charge on any atom is 0.297 e.